The molecule has 0 saturated heterocycles. The quantitative estimate of drug-likeness (QED) is 0.832. The van der Waals surface area contributed by atoms with Crippen LogP contribution in [0.4, 0.5) is 5.69 Å². The SMILES string of the molecule is CCC(N)N1CCc2ccc(SC(C)C)cc21. The van der Waals surface area contributed by atoms with Gasteiger partial charge in [0.1, 0.15) is 0 Å². The van der Waals surface area contributed by atoms with Gasteiger partial charge >= 0.3 is 0 Å². The summed E-state index contributed by atoms with van der Waals surface area (Å²) >= 11 is 1.92. The smallest absolute Gasteiger partial charge is 0.0768 e. The fraction of sp³-hybridized carbons (Fsp3) is 0.571. The Labute approximate surface area is 109 Å². The molecule has 1 aliphatic heterocycles. The number of nitrogens with zero attached hydrogens (tertiary/aromatic N) is 1. The number of nitrogens with two attached hydrogens (primary N) is 1. The third kappa shape index (κ3) is 2.78. The molecule has 3 heteroatoms. The van der Waals surface area contributed by atoms with E-state index in [0.717, 1.165) is 19.4 Å². The largest absolute Gasteiger partial charge is 0.356 e. The molecule has 0 fully saturated rings. The molecule has 0 amide bonds. The van der Waals surface area contributed by atoms with E-state index in [1.807, 2.05) is 11.8 Å². The number of benzene rings is 1. The lowest BCUT2D eigenvalue weighted by molar-refractivity contribution is 0.610. The topological polar surface area (TPSA) is 29.3 Å². The zero-order chi connectivity index (χ0) is 12.4. The lowest BCUT2D eigenvalue weighted by atomic mass is 10.2. The van der Waals surface area contributed by atoms with Crippen LogP contribution in [0, 0.1) is 0 Å². The van der Waals surface area contributed by atoms with Gasteiger partial charge in [0.25, 0.3) is 0 Å². The van der Waals surface area contributed by atoms with E-state index >= 15 is 0 Å². The van der Waals surface area contributed by atoms with Crippen LogP contribution in [-0.2, 0) is 6.42 Å². The summed E-state index contributed by atoms with van der Waals surface area (Å²) in [5.74, 6) is 0. The second kappa shape index (κ2) is 5.32. The number of anilines is 1. The van der Waals surface area contributed by atoms with Gasteiger partial charge in [-0.3, -0.25) is 0 Å². The van der Waals surface area contributed by atoms with Crippen LogP contribution >= 0.6 is 11.8 Å². The molecule has 2 nitrogen and oxygen atoms in total. The molecule has 94 valence electrons. The van der Waals surface area contributed by atoms with Gasteiger partial charge in [-0.1, -0.05) is 26.8 Å². The maximum absolute atomic E-state index is 6.16. The van der Waals surface area contributed by atoms with Crippen molar-refractivity contribution >= 4 is 17.4 Å². The minimum atomic E-state index is 0.163. The maximum Gasteiger partial charge on any atom is 0.0768 e. The van der Waals surface area contributed by atoms with Gasteiger partial charge in [-0.25, -0.2) is 0 Å². The lowest BCUT2D eigenvalue weighted by Crippen LogP contribution is -2.40. The third-order valence-corrected chi connectivity index (χ3v) is 4.18. The highest BCUT2D eigenvalue weighted by molar-refractivity contribution is 7.99. The van der Waals surface area contributed by atoms with Crippen molar-refractivity contribution in [2.24, 2.45) is 5.73 Å². The molecule has 1 aromatic rings. The molecule has 0 aliphatic carbocycles. The van der Waals surface area contributed by atoms with Crippen LogP contribution in [0.5, 0.6) is 0 Å². The summed E-state index contributed by atoms with van der Waals surface area (Å²) in [6.45, 7) is 7.68. The average Bonchev–Trinajstić information content (AvgIpc) is 2.70. The molecule has 0 radical (unpaired) electrons. The highest BCUT2D eigenvalue weighted by Crippen LogP contribution is 2.34. The van der Waals surface area contributed by atoms with E-state index in [1.54, 1.807) is 0 Å². The highest BCUT2D eigenvalue weighted by Gasteiger charge is 2.23. The van der Waals surface area contributed by atoms with Crippen molar-refractivity contribution < 1.29 is 0 Å². The maximum atomic E-state index is 6.16. The molecule has 17 heavy (non-hydrogen) atoms. The van der Waals surface area contributed by atoms with E-state index < -0.39 is 0 Å². The van der Waals surface area contributed by atoms with Crippen LogP contribution in [0.1, 0.15) is 32.8 Å². The summed E-state index contributed by atoms with van der Waals surface area (Å²) in [7, 11) is 0. The van der Waals surface area contributed by atoms with Crippen molar-refractivity contribution in [3.8, 4) is 0 Å². The molecule has 0 aromatic heterocycles. The summed E-state index contributed by atoms with van der Waals surface area (Å²) in [4.78, 5) is 3.70. The third-order valence-electron chi connectivity index (χ3n) is 3.18. The summed E-state index contributed by atoms with van der Waals surface area (Å²) in [5.41, 5.74) is 8.96. The van der Waals surface area contributed by atoms with Crippen molar-refractivity contribution in [2.75, 3.05) is 11.4 Å². The molecule has 2 N–H and O–H groups in total. The second-order valence-electron chi connectivity index (χ2n) is 4.88. The fourth-order valence-electron chi connectivity index (χ4n) is 2.29. The van der Waals surface area contributed by atoms with Crippen LogP contribution in [-0.4, -0.2) is 18.0 Å². The van der Waals surface area contributed by atoms with E-state index in [1.165, 1.54) is 16.1 Å². The van der Waals surface area contributed by atoms with Gasteiger partial charge in [0.05, 0.1) is 6.17 Å². The first-order valence-corrected chi connectivity index (χ1v) is 7.31. The van der Waals surface area contributed by atoms with Gasteiger partial charge in [-0.2, -0.15) is 0 Å². The standard InChI is InChI=1S/C14H22N2S/c1-4-14(15)16-8-7-11-5-6-12(9-13(11)16)17-10(2)3/h5-6,9-10,14H,4,7-8,15H2,1-3H3. The molecule has 0 spiro atoms. The van der Waals surface area contributed by atoms with Crippen molar-refractivity contribution in [2.45, 2.75) is 49.9 Å². The molecule has 0 bridgehead atoms. The van der Waals surface area contributed by atoms with Crippen LogP contribution in [0.25, 0.3) is 0 Å². The first-order valence-electron chi connectivity index (χ1n) is 6.43. The summed E-state index contributed by atoms with van der Waals surface area (Å²) in [5, 5.41) is 0.628. The fourth-order valence-corrected chi connectivity index (χ4v) is 3.16. The summed E-state index contributed by atoms with van der Waals surface area (Å²) in [6.07, 6.45) is 2.30. The Bertz CT molecular complexity index is 390. The van der Waals surface area contributed by atoms with Crippen molar-refractivity contribution in [1.82, 2.24) is 0 Å². The highest BCUT2D eigenvalue weighted by atomic mass is 32.2. The molecular formula is C14H22N2S. The zero-order valence-corrected chi connectivity index (χ0v) is 11.8. The molecule has 1 aromatic carbocycles. The van der Waals surface area contributed by atoms with Gasteiger partial charge < -0.3 is 10.6 Å². The first-order chi connectivity index (χ1) is 8.11. The molecular weight excluding hydrogens is 228 g/mol. The minimum Gasteiger partial charge on any atom is -0.356 e. The Morgan fingerprint density at radius 1 is 1.41 bits per heavy atom. The van der Waals surface area contributed by atoms with Gasteiger partial charge in [-0.05, 0) is 30.5 Å². The van der Waals surface area contributed by atoms with E-state index in [-0.39, 0.29) is 6.17 Å². The van der Waals surface area contributed by atoms with E-state index in [4.69, 9.17) is 5.73 Å². The number of hydrogen-bond acceptors (Lipinski definition) is 3. The van der Waals surface area contributed by atoms with Gasteiger partial charge in [-0.15, -0.1) is 11.8 Å². The van der Waals surface area contributed by atoms with Gasteiger partial charge in [0.2, 0.25) is 0 Å². The van der Waals surface area contributed by atoms with E-state index in [0.29, 0.717) is 5.25 Å². The molecule has 1 atom stereocenters. The van der Waals surface area contributed by atoms with E-state index in [9.17, 15) is 0 Å². The Morgan fingerprint density at radius 2 is 2.18 bits per heavy atom. The number of thioether (sulfide) groups is 1. The lowest BCUT2D eigenvalue weighted by Gasteiger charge is -2.26. The molecule has 2 rings (SSSR count). The Hall–Kier alpha value is -0.670. The Balaban J connectivity index is 2.24. The first kappa shape index (κ1) is 12.8. The van der Waals surface area contributed by atoms with Crippen molar-refractivity contribution in [3.63, 3.8) is 0 Å². The van der Waals surface area contributed by atoms with Gasteiger partial charge in [0.15, 0.2) is 0 Å². The Morgan fingerprint density at radius 3 is 2.82 bits per heavy atom. The number of hydrogen-bond donors (Lipinski definition) is 1. The number of fused-ring (bicyclic) bond motifs is 1. The molecule has 1 unspecified atom stereocenters. The van der Waals surface area contributed by atoms with Crippen LogP contribution < -0.4 is 10.6 Å². The average molecular weight is 250 g/mol. The van der Waals surface area contributed by atoms with Crippen LogP contribution in [0.2, 0.25) is 0 Å². The molecule has 1 heterocycles. The normalized spacial score (nSPS) is 16.4. The molecule has 0 saturated carbocycles. The van der Waals surface area contributed by atoms with E-state index in [2.05, 4.69) is 43.9 Å². The second-order valence-corrected chi connectivity index (χ2v) is 6.53. The van der Waals surface area contributed by atoms with Crippen LogP contribution in [0.3, 0.4) is 0 Å². The van der Waals surface area contributed by atoms with Crippen molar-refractivity contribution in [3.05, 3.63) is 23.8 Å². The predicted molar refractivity (Wildman–Crippen MR) is 76.8 cm³/mol. The number of rotatable bonds is 4. The minimum absolute atomic E-state index is 0.163. The van der Waals surface area contributed by atoms with Crippen molar-refractivity contribution in [1.29, 1.82) is 0 Å². The Kier molecular flexibility index (Phi) is 4.00. The summed E-state index contributed by atoms with van der Waals surface area (Å²) in [6, 6.07) is 6.81. The van der Waals surface area contributed by atoms with Gasteiger partial charge in [0, 0.05) is 22.4 Å². The zero-order valence-electron chi connectivity index (χ0n) is 10.9. The summed E-state index contributed by atoms with van der Waals surface area (Å²) < 4.78 is 0. The molecule has 1 aliphatic rings. The monoisotopic (exact) mass is 250 g/mol. The predicted octanol–water partition coefficient (Wildman–Crippen LogP) is 3.24. The van der Waals surface area contributed by atoms with Crippen LogP contribution in [0.15, 0.2) is 23.1 Å².